The van der Waals surface area contributed by atoms with Gasteiger partial charge in [0.2, 0.25) is 5.69 Å². The lowest BCUT2D eigenvalue weighted by molar-refractivity contribution is -0.448. The average Bonchev–Trinajstić information content (AvgIpc) is 3.65. The molecule has 1 spiro atoms. The number of rotatable bonds is 13. The summed E-state index contributed by atoms with van der Waals surface area (Å²) < 4.78 is 111. The standard InChI is InChI=1S/C38H44N2O13S4/c1-25(9-10-26-15-18-37(2)31-20-30(57(50,51)52)12-14-33(31)40(36(26)37)22-28(42)24-56(47,48)49)7-6-8-35-38(16-4-3-5-17-38)32-19-29(54-53-43)11-13-34(32)39(35)21-27(41)23-55(44,45)46/h6-14,19-21,28,42H,3-5,15-18,22-24H2,1-2H3,(H4-,41,43,44,45,46,47,48,49,50,51,52)/p-3/b27-21+. The molecular formula is C38H41N2O13S4-3. The number of fused-ring (bicyclic) bond motifs is 5. The number of hydrogen-bond acceptors (Lipinski definition) is 15. The molecule has 6 rings (SSSR count). The lowest BCUT2D eigenvalue weighted by Crippen LogP contribution is -2.33. The summed E-state index contributed by atoms with van der Waals surface area (Å²) in [6, 6.07) is 9.22. The molecule has 2 fully saturated rings. The summed E-state index contributed by atoms with van der Waals surface area (Å²) in [6.45, 7) is 3.46. The molecule has 308 valence electrons. The van der Waals surface area contributed by atoms with Crippen molar-refractivity contribution in [2.24, 2.45) is 0 Å². The molecule has 2 unspecified atom stereocenters. The maximum Gasteiger partial charge on any atom is 0.209 e. The van der Waals surface area contributed by atoms with Crippen molar-refractivity contribution >= 4 is 59.5 Å². The van der Waals surface area contributed by atoms with Gasteiger partial charge in [0.05, 0.1) is 54.1 Å². The molecule has 19 heteroatoms. The van der Waals surface area contributed by atoms with E-state index in [4.69, 9.17) is 5.26 Å². The van der Waals surface area contributed by atoms with E-state index < -0.39 is 69.4 Å². The van der Waals surface area contributed by atoms with Crippen LogP contribution in [-0.4, -0.2) is 83.7 Å². The Morgan fingerprint density at radius 3 is 2.35 bits per heavy atom. The second-order valence-electron chi connectivity index (χ2n) is 15.0. The van der Waals surface area contributed by atoms with Crippen LogP contribution in [0.15, 0.2) is 105 Å². The summed E-state index contributed by atoms with van der Waals surface area (Å²) in [5.41, 5.74) is 4.13. The minimum Gasteiger partial charge on any atom is -0.874 e. The monoisotopic (exact) mass is 861 g/mol. The Hall–Kier alpha value is -3.63. The Morgan fingerprint density at radius 1 is 0.982 bits per heavy atom. The van der Waals surface area contributed by atoms with Gasteiger partial charge in [-0.2, -0.15) is 8.91 Å². The minimum atomic E-state index is -4.84. The van der Waals surface area contributed by atoms with Crippen molar-refractivity contribution in [2.75, 3.05) is 23.0 Å². The van der Waals surface area contributed by atoms with Crippen LogP contribution in [0.2, 0.25) is 0 Å². The van der Waals surface area contributed by atoms with Crippen molar-refractivity contribution in [3.05, 3.63) is 107 Å². The smallest absolute Gasteiger partial charge is 0.209 e. The minimum absolute atomic E-state index is 0.273. The van der Waals surface area contributed by atoms with Crippen molar-refractivity contribution in [1.29, 1.82) is 0 Å². The summed E-state index contributed by atoms with van der Waals surface area (Å²) in [7, 11) is -14.4. The van der Waals surface area contributed by atoms with Crippen LogP contribution in [-0.2, 0) is 45.5 Å². The van der Waals surface area contributed by atoms with E-state index in [9.17, 15) is 49.1 Å². The Morgan fingerprint density at radius 2 is 1.70 bits per heavy atom. The first kappa shape index (κ1) is 43.0. The van der Waals surface area contributed by atoms with Gasteiger partial charge in [0.1, 0.15) is 16.2 Å². The maximum absolute atomic E-state index is 12.9. The fourth-order valence-electron chi connectivity index (χ4n) is 8.72. The molecule has 2 N–H and O–H groups in total. The van der Waals surface area contributed by atoms with E-state index in [0.29, 0.717) is 46.1 Å². The van der Waals surface area contributed by atoms with Gasteiger partial charge in [0, 0.05) is 38.9 Å². The fraction of sp³-hybridized carbons (Fsp3) is 0.395. The zero-order chi connectivity index (χ0) is 41.6. The summed E-state index contributed by atoms with van der Waals surface area (Å²) in [4.78, 5) is 1.82. The number of β-amino-alcohol motifs (C(OH)–C–C–N with tert-alkyl or cyclic N) is 1. The first-order valence-electron chi connectivity index (χ1n) is 18.0. The molecule has 2 aromatic carbocycles. The van der Waals surface area contributed by atoms with Crippen LogP contribution in [0, 0.1) is 0 Å². The third kappa shape index (κ3) is 9.17. The maximum atomic E-state index is 12.9. The van der Waals surface area contributed by atoms with E-state index >= 15 is 0 Å². The van der Waals surface area contributed by atoms with Gasteiger partial charge in [0.15, 0.2) is 12.3 Å². The molecule has 0 aromatic heterocycles. The van der Waals surface area contributed by atoms with E-state index in [1.54, 1.807) is 27.7 Å². The Kier molecular flexibility index (Phi) is 12.2. The van der Waals surface area contributed by atoms with Crippen LogP contribution in [0.25, 0.3) is 0 Å². The zero-order valence-electron chi connectivity index (χ0n) is 31.0. The third-order valence-corrected chi connectivity index (χ3v) is 13.8. The SMILES string of the molecule is CC(/C=C/C=C1\N(/C=C(/[O-])CS(=O)(=O)[O-])c2ccc(SOO)cc2C12CCCCC2)=C\C=C1/CCC2(C)C1=[N+](CC(O)CS(=O)(=O)[O-])c1ccc(S(=O)(=O)[O-])cc12. The molecule has 4 aliphatic rings. The van der Waals surface area contributed by atoms with Crippen molar-refractivity contribution in [3.8, 4) is 0 Å². The highest BCUT2D eigenvalue weighted by atomic mass is 32.2. The van der Waals surface area contributed by atoms with E-state index in [2.05, 4.69) is 4.33 Å². The van der Waals surface area contributed by atoms with Crippen LogP contribution in [0.4, 0.5) is 11.4 Å². The highest BCUT2D eigenvalue weighted by Crippen LogP contribution is 2.56. The van der Waals surface area contributed by atoms with Crippen LogP contribution in [0.5, 0.6) is 0 Å². The number of aliphatic hydroxyl groups is 1. The molecule has 0 amide bonds. The molecule has 0 saturated heterocycles. The highest BCUT2D eigenvalue weighted by Gasteiger charge is 2.54. The van der Waals surface area contributed by atoms with Gasteiger partial charge in [-0.25, -0.2) is 30.5 Å². The molecule has 2 heterocycles. The number of hydrogen-bond donors (Lipinski definition) is 2. The lowest BCUT2D eigenvalue weighted by Gasteiger charge is -2.36. The van der Waals surface area contributed by atoms with Gasteiger partial charge in [-0.3, -0.25) is 0 Å². The topological polar surface area (TPSA) is 251 Å². The largest absolute Gasteiger partial charge is 0.874 e. The quantitative estimate of drug-likeness (QED) is 0.0551. The Labute approximate surface area is 336 Å². The molecule has 2 aliphatic carbocycles. The molecule has 0 bridgehead atoms. The van der Waals surface area contributed by atoms with E-state index in [1.165, 1.54) is 12.1 Å². The van der Waals surface area contributed by atoms with Crippen LogP contribution < -0.4 is 10.0 Å². The fourth-order valence-corrected chi connectivity index (χ4v) is 10.6. The third-order valence-electron chi connectivity index (χ3n) is 11.0. The second kappa shape index (κ2) is 16.2. The van der Waals surface area contributed by atoms with Crippen molar-refractivity contribution in [1.82, 2.24) is 0 Å². The van der Waals surface area contributed by atoms with Gasteiger partial charge in [-0.1, -0.05) is 49.1 Å². The van der Waals surface area contributed by atoms with E-state index in [0.717, 1.165) is 73.1 Å². The van der Waals surface area contributed by atoms with Crippen LogP contribution in [0.1, 0.15) is 69.9 Å². The predicted molar refractivity (Wildman–Crippen MR) is 206 cm³/mol. The Bertz CT molecular complexity index is 2480. The van der Waals surface area contributed by atoms with Crippen molar-refractivity contribution in [3.63, 3.8) is 0 Å². The van der Waals surface area contributed by atoms with Crippen molar-refractivity contribution < 1.29 is 63.3 Å². The molecule has 57 heavy (non-hydrogen) atoms. The van der Waals surface area contributed by atoms with E-state index in [-0.39, 0.29) is 6.54 Å². The molecule has 2 aromatic rings. The summed E-state index contributed by atoms with van der Waals surface area (Å²) in [6.07, 6.45) is 14.0. The van der Waals surface area contributed by atoms with Crippen LogP contribution >= 0.6 is 12.0 Å². The number of aliphatic hydroxyl groups excluding tert-OH is 1. The van der Waals surface area contributed by atoms with Crippen molar-refractivity contribution in [2.45, 2.75) is 85.5 Å². The molecule has 2 saturated carbocycles. The van der Waals surface area contributed by atoms with Gasteiger partial charge in [0.25, 0.3) is 0 Å². The molecular weight excluding hydrogens is 821 g/mol. The molecule has 0 radical (unpaired) electrons. The van der Waals surface area contributed by atoms with Gasteiger partial charge in [-0.05, 0) is 87.7 Å². The number of benzene rings is 2. The predicted octanol–water partition coefficient (Wildman–Crippen LogP) is 3.93. The normalized spacial score (nSPS) is 23.2. The molecule has 2 aliphatic heterocycles. The van der Waals surface area contributed by atoms with Gasteiger partial charge >= 0.3 is 0 Å². The first-order chi connectivity index (χ1) is 26.6. The zero-order valence-corrected chi connectivity index (χ0v) is 34.3. The molecule has 2 atom stereocenters. The number of anilines is 1. The summed E-state index contributed by atoms with van der Waals surface area (Å²) in [5.74, 6) is -3.11. The number of nitrogens with zero attached hydrogens (tertiary/aromatic N) is 2. The Balaban J connectivity index is 1.38. The first-order valence-corrected chi connectivity index (χ1v) is 23.3. The lowest BCUT2D eigenvalue weighted by atomic mass is 9.68. The summed E-state index contributed by atoms with van der Waals surface area (Å²) >= 11 is 0.761. The van der Waals surface area contributed by atoms with Crippen LogP contribution in [0.3, 0.4) is 0 Å². The van der Waals surface area contributed by atoms with Gasteiger partial charge < -0.3 is 28.8 Å². The molecule has 15 nitrogen and oxygen atoms in total. The summed E-state index contributed by atoms with van der Waals surface area (Å²) in [5, 5.41) is 32.6. The van der Waals surface area contributed by atoms with Gasteiger partial charge in [-0.15, -0.1) is 5.76 Å². The highest BCUT2D eigenvalue weighted by molar-refractivity contribution is 7.94. The average molecular weight is 862 g/mol. The number of allylic oxidation sites excluding steroid dienone is 8. The van der Waals surface area contributed by atoms with E-state index in [1.807, 2.05) is 44.2 Å². The second-order valence-corrected chi connectivity index (χ2v) is 20.0.